The van der Waals surface area contributed by atoms with Gasteiger partial charge in [0, 0.05) is 42.5 Å². The van der Waals surface area contributed by atoms with Crippen LogP contribution in [0.5, 0.6) is 0 Å². The van der Waals surface area contributed by atoms with E-state index in [4.69, 9.17) is 11.6 Å². The number of benzene rings is 2. The van der Waals surface area contributed by atoms with Gasteiger partial charge >= 0.3 is 0 Å². The molecule has 0 amide bonds. The average Bonchev–Trinajstić information content (AvgIpc) is 2.72. The summed E-state index contributed by atoms with van der Waals surface area (Å²) in [4.78, 5) is 5.01. The Kier molecular flexibility index (Phi) is 7.14. The number of nitriles is 1. The summed E-state index contributed by atoms with van der Waals surface area (Å²) >= 11 is 6.24. The molecule has 0 spiro atoms. The van der Waals surface area contributed by atoms with E-state index in [1.165, 1.54) is 18.7 Å². The Hall–Kier alpha value is -2.28. The van der Waals surface area contributed by atoms with Gasteiger partial charge in [-0.15, -0.1) is 0 Å². The number of anilines is 1. The first-order chi connectivity index (χ1) is 13.6. The summed E-state index contributed by atoms with van der Waals surface area (Å²) in [5, 5.41) is 10.1. The maximum absolute atomic E-state index is 9.54. The highest BCUT2D eigenvalue weighted by atomic mass is 35.5. The van der Waals surface area contributed by atoms with Gasteiger partial charge in [0.15, 0.2) is 0 Å². The number of nitrogens with zero attached hydrogens (tertiary/aromatic N) is 3. The molecule has 0 saturated carbocycles. The molecular formula is C24H28ClN3. The van der Waals surface area contributed by atoms with Crippen LogP contribution in [-0.4, -0.2) is 37.6 Å². The molecule has 2 aromatic rings. The second kappa shape index (κ2) is 9.78. The lowest BCUT2D eigenvalue weighted by molar-refractivity contribution is 0.244. The Morgan fingerprint density at radius 2 is 1.75 bits per heavy atom. The smallest absolute Gasteiger partial charge is 0.0998 e. The van der Waals surface area contributed by atoms with Crippen LogP contribution in [0.15, 0.2) is 48.5 Å². The van der Waals surface area contributed by atoms with Gasteiger partial charge in [0.05, 0.1) is 11.6 Å². The SMILES string of the molecule is CC(C)CCN1CCN(c2ccc(C=C(C#N)c3ccccc3Cl)cc2)CC1. The topological polar surface area (TPSA) is 30.3 Å². The fourth-order valence-corrected chi connectivity index (χ4v) is 3.71. The van der Waals surface area contributed by atoms with Crippen molar-refractivity contribution in [2.75, 3.05) is 37.6 Å². The summed E-state index contributed by atoms with van der Waals surface area (Å²) in [7, 11) is 0. The van der Waals surface area contributed by atoms with E-state index in [2.05, 4.69) is 54.0 Å². The number of rotatable bonds is 6. The van der Waals surface area contributed by atoms with Crippen molar-refractivity contribution >= 4 is 28.9 Å². The Morgan fingerprint density at radius 1 is 1.07 bits per heavy atom. The molecule has 0 unspecified atom stereocenters. The largest absolute Gasteiger partial charge is 0.369 e. The van der Waals surface area contributed by atoms with E-state index in [-0.39, 0.29) is 0 Å². The van der Waals surface area contributed by atoms with Gasteiger partial charge < -0.3 is 4.90 Å². The first kappa shape index (κ1) is 20.5. The second-order valence-electron chi connectivity index (χ2n) is 7.75. The van der Waals surface area contributed by atoms with Crippen LogP contribution >= 0.6 is 11.6 Å². The van der Waals surface area contributed by atoms with Crippen molar-refractivity contribution < 1.29 is 0 Å². The van der Waals surface area contributed by atoms with E-state index in [1.807, 2.05) is 30.3 Å². The molecule has 0 aliphatic carbocycles. The lowest BCUT2D eigenvalue weighted by atomic mass is 10.0. The Morgan fingerprint density at radius 3 is 2.36 bits per heavy atom. The minimum Gasteiger partial charge on any atom is -0.369 e. The monoisotopic (exact) mass is 393 g/mol. The molecular weight excluding hydrogens is 366 g/mol. The number of hydrogen-bond acceptors (Lipinski definition) is 3. The van der Waals surface area contributed by atoms with Gasteiger partial charge in [-0.2, -0.15) is 5.26 Å². The molecule has 146 valence electrons. The van der Waals surface area contributed by atoms with E-state index in [1.54, 1.807) is 0 Å². The Bertz CT molecular complexity index is 841. The standard InChI is InChI=1S/C24H28ClN3/c1-19(2)11-12-27-13-15-28(16-14-27)22-9-7-20(8-10-22)17-21(18-26)23-5-3-4-6-24(23)25/h3-10,17,19H,11-16H2,1-2H3. The normalized spacial score (nSPS) is 15.7. The van der Waals surface area contributed by atoms with Gasteiger partial charge in [-0.1, -0.05) is 55.8 Å². The van der Waals surface area contributed by atoms with Crippen molar-refractivity contribution in [3.05, 3.63) is 64.7 Å². The maximum atomic E-state index is 9.54. The summed E-state index contributed by atoms with van der Waals surface area (Å²) in [5.74, 6) is 0.766. The summed E-state index contributed by atoms with van der Waals surface area (Å²) < 4.78 is 0. The summed E-state index contributed by atoms with van der Waals surface area (Å²) in [6.45, 7) is 10.2. The quantitative estimate of drug-likeness (QED) is 0.474. The van der Waals surface area contributed by atoms with Crippen LogP contribution in [0.3, 0.4) is 0 Å². The fourth-order valence-electron chi connectivity index (χ4n) is 3.47. The molecule has 0 atom stereocenters. The summed E-state index contributed by atoms with van der Waals surface area (Å²) in [5.41, 5.74) is 3.61. The van der Waals surface area contributed by atoms with Crippen molar-refractivity contribution in [2.24, 2.45) is 5.92 Å². The van der Waals surface area contributed by atoms with Crippen molar-refractivity contribution in [1.29, 1.82) is 5.26 Å². The van der Waals surface area contributed by atoms with Gasteiger partial charge in [0.25, 0.3) is 0 Å². The average molecular weight is 394 g/mol. The van der Waals surface area contributed by atoms with E-state index in [0.717, 1.165) is 43.2 Å². The van der Waals surface area contributed by atoms with E-state index in [9.17, 15) is 5.26 Å². The molecule has 0 bridgehead atoms. The molecule has 1 heterocycles. The first-order valence-electron chi connectivity index (χ1n) is 10.0. The highest BCUT2D eigenvalue weighted by Crippen LogP contribution is 2.26. The van der Waals surface area contributed by atoms with Crippen LogP contribution in [0.4, 0.5) is 5.69 Å². The minimum atomic E-state index is 0.581. The van der Waals surface area contributed by atoms with Gasteiger partial charge in [-0.05, 0) is 48.7 Å². The molecule has 1 saturated heterocycles. The van der Waals surface area contributed by atoms with Crippen molar-refractivity contribution in [2.45, 2.75) is 20.3 Å². The highest BCUT2D eigenvalue weighted by Gasteiger charge is 2.17. The van der Waals surface area contributed by atoms with Gasteiger partial charge in [-0.25, -0.2) is 0 Å². The van der Waals surface area contributed by atoms with Crippen molar-refractivity contribution in [1.82, 2.24) is 4.90 Å². The third-order valence-corrected chi connectivity index (χ3v) is 5.58. The molecule has 1 fully saturated rings. The van der Waals surface area contributed by atoms with Crippen molar-refractivity contribution in [3.8, 4) is 6.07 Å². The minimum absolute atomic E-state index is 0.581. The predicted molar refractivity (Wildman–Crippen MR) is 119 cm³/mol. The Labute approximate surface area is 173 Å². The zero-order chi connectivity index (χ0) is 19.9. The molecule has 2 aromatic carbocycles. The highest BCUT2D eigenvalue weighted by molar-refractivity contribution is 6.32. The maximum Gasteiger partial charge on any atom is 0.0998 e. The Balaban J connectivity index is 1.64. The molecule has 1 aliphatic heterocycles. The second-order valence-corrected chi connectivity index (χ2v) is 8.16. The summed E-state index contributed by atoms with van der Waals surface area (Å²) in [6.07, 6.45) is 3.17. The molecule has 4 heteroatoms. The molecule has 0 aromatic heterocycles. The summed E-state index contributed by atoms with van der Waals surface area (Å²) in [6, 6.07) is 18.2. The molecule has 0 N–H and O–H groups in total. The number of hydrogen-bond donors (Lipinski definition) is 0. The molecule has 3 rings (SSSR count). The number of piperazine rings is 1. The fraction of sp³-hybridized carbons (Fsp3) is 0.375. The zero-order valence-electron chi connectivity index (χ0n) is 16.7. The lowest BCUT2D eigenvalue weighted by Gasteiger charge is -2.36. The lowest BCUT2D eigenvalue weighted by Crippen LogP contribution is -2.46. The molecule has 0 radical (unpaired) electrons. The van der Waals surface area contributed by atoms with Crippen LogP contribution in [0, 0.1) is 17.2 Å². The van der Waals surface area contributed by atoms with Crippen LogP contribution in [-0.2, 0) is 0 Å². The van der Waals surface area contributed by atoms with E-state index < -0.39 is 0 Å². The molecule has 1 aliphatic rings. The third kappa shape index (κ3) is 5.38. The molecule has 3 nitrogen and oxygen atoms in total. The van der Waals surface area contributed by atoms with Gasteiger partial charge in [0.1, 0.15) is 0 Å². The number of allylic oxidation sites excluding steroid dienone is 1. The first-order valence-corrected chi connectivity index (χ1v) is 10.4. The van der Waals surface area contributed by atoms with Crippen LogP contribution < -0.4 is 4.90 Å². The predicted octanol–water partition coefficient (Wildman–Crippen LogP) is 5.57. The molecule has 28 heavy (non-hydrogen) atoms. The zero-order valence-corrected chi connectivity index (χ0v) is 17.5. The van der Waals surface area contributed by atoms with E-state index >= 15 is 0 Å². The van der Waals surface area contributed by atoms with Gasteiger partial charge in [0.2, 0.25) is 0 Å². The van der Waals surface area contributed by atoms with Crippen molar-refractivity contribution in [3.63, 3.8) is 0 Å². The third-order valence-electron chi connectivity index (χ3n) is 5.25. The van der Waals surface area contributed by atoms with Gasteiger partial charge in [-0.3, -0.25) is 4.90 Å². The van der Waals surface area contributed by atoms with Crippen LogP contribution in [0.25, 0.3) is 11.6 Å². The van der Waals surface area contributed by atoms with Crippen LogP contribution in [0.1, 0.15) is 31.4 Å². The number of halogens is 1. The van der Waals surface area contributed by atoms with Crippen LogP contribution in [0.2, 0.25) is 5.02 Å². The van der Waals surface area contributed by atoms with E-state index in [0.29, 0.717) is 10.6 Å².